The van der Waals surface area contributed by atoms with E-state index in [4.69, 9.17) is 9.47 Å². The van der Waals surface area contributed by atoms with Gasteiger partial charge in [0.2, 0.25) is 0 Å². The third-order valence-corrected chi connectivity index (χ3v) is 4.15. The Kier molecular flexibility index (Phi) is 7.14. The van der Waals surface area contributed by atoms with Crippen molar-refractivity contribution in [3.8, 4) is 17.0 Å². The molecule has 2 aromatic carbocycles. The number of ether oxygens (including phenoxy) is 2. The van der Waals surface area contributed by atoms with Crippen LogP contribution in [-0.2, 0) is 22.6 Å². The predicted molar refractivity (Wildman–Crippen MR) is 116 cm³/mol. The van der Waals surface area contributed by atoms with Gasteiger partial charge in [0.15, 0.2) is 6.61 Å². The lowest BCUT2D eigenvalue weighted by molar-refractivity contribution is -0.157. The summed E-state index contributed by atoms with van der Waals surface area (Å²) >= 11 is 0. The molecule has 0 bridgehead atoms. The average molecular weight is 405 g/mol. The molecule has 30 heavy (non-hydrogen) atoms. The van der Waals surface area contributed by atoms with Crippen molar-refractivity contribution >= 4 is 5.97 Å². The number of nitrogens with zero attached hydrogens (tertiary/aromatic N) is 2. The molecular weight excluding hydrogens is 378 g/mol. The smallest absolute Gasteiger partial charge is 0.344 e. The van der Waals surface area contributed by atoms with Gasteiger partial charge in [-0.1, -0.05) is 36.4 Å². The molecule has 0 unspecified atom stereocenters. The maximum absolute atomic E-state index is 11.8. The van der Waals surface area contributed by atoms with Gasteiger partial charge in [-0.25, -0.2) is 4.79 Å². The van der Waals surface area contributed by atoms with Crippen LogP contribution in [-0.4, -0.2) is 28.1 Å². The SMILES string of the molecule is CC(C)(C)OC(=O)COc1cccc(CNCc2ccc(-c3cnccn3)cc2)c1. The number of hydrogen-bond donors (Lipinski definition) is 1. The van der Waals surface area contributed by atoms with Crippen molar-refractivity contribution in [1.29, 1.82) is 0 Å². The normalized spacial score (nSPS) is 11.2. The van der Waals surface area contributed by atoms with E-state index in [2.05, 4.69) is 27.4 Å². The van der Waals surface area contributed by atoms with E-state index in [0.29, 0.717) is 12.3 Å². The highest BCUT2D eigenvalue weighted by Crippen LogP contribution is 2.17. The van der Waals surface area contributed by atoms with Crippen LogP contribution in [0.3, 0.4) is 0 Å². The van der Waals surface area contributed by atoms with E-state index in [1.54, 1.807) is 18.6 Å². The first-order chi connectivity index (χ1) is 14.4. The van der Waals surface area contributed by atoms with Crippen molar-refractivity contribution in [2.45, 2.75) is 39.5 Å². The monoisotopic (exact) mass is 405 g/mol. The van der Waals surface area contributed by atoms with Crippen molar-refractivity contribution in [1.82, 2.24) is 15.3 Å². The van der Waals surface area contributed by atoms with E-state index < -0.39 is 5.60 Å². The van der Waals surface area contributed by atoms with Gasteiger partial charge >= 0.3 is 5.97 Å². The number of hydrogen-bond acceptors (Lipinski definition) is 6. The summed E-state index contributed by atoms with van der Waals surface area (Å²) in [7, 11) is 0. The Bertz CT molecular complexity index is 951. The maximum Gasteiger partial charge on any atom is 0.344 e. The molecule has 1 N–H and O–H groups in total. The minimum Gasteiger partial charge on any atom is -0.482 e. The number of carbonyl (C=O) groups excluding carboxylic acids is 1. The zero-order chi connectivity index (χ0) is 21.4. The van der Waals surface area contributed by atoms with Crippen LogP contribution in [0.25, 0.3) is 11.3 Å². The molecule has 0 spiro atoms. The molecule has 0 radical (unpaired) electrons. The van der Waals surface area contributed by atoms with E-state index in [-0.39, 0.29) is 12.6 Å². The van der Waals surface area contributed by atoms with Crippen LogP contribution in [0, 0.1) is 0 Å². The van der Waals surface area contributed by atoms with E-state index in [0.717, 1.165) is 23.4 Å². The maximum atomic E-state index is 11.8. The van der Waals surface area contributed by atoms with Gasteiger partial charge in [0.1, 0.15) is 11.4 Å². The highest BCUT2D eigenvalue weighted by molar-refractivity contribution is 5.71. The van der Waals surface area contributed by atoms with Crippen LogP contribution < -0.4 is 10.1 Å². The fourth-order valence-electron chi connectivity index (χ4n) is 2.85. The number of esters is 1. The van der Waals surface area contributed by atoms with Crippen molar-refractivity contribution in [2.75, 3.05) is 6.61 Å². The molecule has 3 rings (SSSR count). The van der Waals surface area contributed by atoms with Gasteiger partial charge in [-0.15, -0.1) is 0 Å². The highest BCUT2D eigenvalue weighted by atomic mass is 16.6. The summed E-state index contributed by atoms with van der Waals surface area (Å²) in [5, 5.41) is 3.43. The van der Waals surface area contributed by atoms with Crippen molar-refractivity contribution < 1.29 is 14.3 Å². The fourth-order valence-corrected chi connectivity index (χ4v) is 2.85. The first-order valence-electron chi connectivity index (χ1n) is 9.89. The van der Waals surface area contributed by atoms with Gasteiger partial charge in [0.05, 0.1) is 11.9 Å². The molecule has 6 heteroatoms. The van der Waals surface area contributed by atoms with Gasteiger partial charge in [-0.05, 0) is 44.0 Å². The summed E-state index contributed by atoms with van der Waals surface area (Å²) in [6.07, 6.45) is 5.11. The van der Waals surface area contributed by atoms with Gasteiger partial charge in [-0.3, -0.25) is 9.97 Å². The predicted octanol–water partition coefficient (Wildman–Crippen LogP) is 4.15. The summed E-state index contributed by atoms with van der Waals surface area (Å²) in [6.45, 7) is 6.83. The summed E-state index contributed by atoms with van der Waals surface area (Å²) in [4.78, 5) is 20.2. The summed E-state index contributed by atoms with van der Waals surface area (Å²) < 4.78 is 10.8. The molecular formula is C24H27N3O3. The number of carbonyl (C=O) groups is 1. The molecule has 0 aliphatic heterocycles. The Hall–Kier alpha value is -3.25. The molecule has 6 nitrogen and oxygen atoms in total. The zero-order valence-electron chi connectivity index (χ0n) is 17.6. The first-order valence-corrected chi connectivity index (χ1v) is 9.89. The second-order valence-corrected chi connectivity index (χ2v) is 7.91. The fraction of sp³-hybridized carbons (Fsp3) is 0.292. The summed E-state index contributed by atoms with van der Waals surface area (Å²) in [5.74, 6) is 0.268. The van der Waals surface area contributed by atoms with Crippen LogP contribution in [0.1, 0.15) is 31.9 Å². The molecule has 0 fully saturated rings. The van der Waals surface area contributed by atoms with E-state index in [1.165, 1.54) is 5.56 Å². The number of nitrogens with one attached hydrogen (secondary N) is 1. The molecule has 3 aromatic rings. The molecule has 0 aliphatic carbocycles. The van der Waals surface area contributed by atoms with Crippen molar-refractivity contribution in [3.05, 3.63) is 78.2 Å². The molecule has 0 saturated heterocycles. The van der Waals surface area contributed by atoms with Crippen LogP contribution in [0.4, 0.5) is 0 Å². The number of benzene rings is 2. The summed E-state index contributed by atoms with van der Waals surface area (Å²) in [6, 6.07) is 15.9. The largest absolute Gasteiger partial charge is 0.482 e. The third kappa shape index (κ3) is 6.97. The Morgan fingerprint density at radius 3 is 2.47 bits per heavy atom. The topological polar surface area (TPSA) is 73.3 Å². The minimum atomic E-state index is -0.515. The molecule has 1 aromatic heterocycles. The van der Waals surface area contributed by atoms with E-state index in [1.807, 2.05) is 57.2 Å². The third-order valence-electron chi connectivity index (χ3n) is 4.15. The molecule has 1 heterocycles. The summed E-state index contributed by atoms with van der Waals surface area (Å²) in [5.41, 5.74) is 3.65. The van der Waals surface area contributed by atoms with E-state index in [9.17, 15) is 4.79 Å². The molecule has 0 amide bonds. The Morgan fingerprint density at radius 2 is 1.77 bits per heavy atom. The lowest BCUT2D eigenvalue weighted by atomic mass is 10.1. The Morgan fingerprint density at radius 1 is 1.00 bits per heavy atom. The van der Waals surface area contributed by atoms with Gasteiger partial charge in [0.25, 0.3) is 0 Å². The van der Waals surface area contributed by atoms with Gasteiger partial charge in [-0.2, -0.15) is 0 Å². The van der Waals surface area contributed by atoms with Crippen LogP contribution in [0.15, 0.2) is 67.1 Å². The second-order valence-electron chi connectivity index (χ2n) is 7.91. The lowest BCUT2D eigenvalue weighted by Gasteiger charge is -2.19. The van der Waals surface area contributed by atoms with Gasteiger partial charge in [0, 0.05) is 31.0 Å². The van der Waals surface area contributed by atoms with Crippen LogP contribution >= 0.6 is 0 Å². The Balaban J connectivity index is 1.47. The number of aromatic nitrogens is 2. The number of rotatable bonds is 8. The van der Waals surface area contributed by atoms with Crippen LogP contribution in [0.5, 0.6) is 5.75 Å². The molecule has 156 valence electrons. The molecule has 0 saturated carbocycles. The van der Waals surface area contributed by atoms with Crippen molar-refractivity contribution in [2.24, 2.45) is 0 Å². The minimum absolute atomic E-state index is 0.105. The standard InChI is InChI=1S/C24H27N3O3/c1-24(2,3)30-23(28)17-29-21-6-4-5-19(13-21)15-26-14-18-7-9-20(10-8-18)22-16-25-11-12-27-22/h4-13,16,26H,14-15,17H2,1-3H3. The molecule has 0 aliphatic rings. The average Bonchev–Trinajstić information content (AvgIpc) is 2.73. The Labute approximate surface area is 177 Å². The second kappa shape index (κ2) is 9.98. The highest BCUT2D eigenvalue weighted by Gasteiger charge is 2.16. The zero-order valence-corrected chi connectivity index (χ0v) is 17.6. The van der Waals surface area contributed by atoms with Gasteiger partial charge < -0.3 is 14.8 Å². The first kappa shape index (κ1) is 21.5. The molecule has 0 atom stereocenters. The van der Waals surface area contributed by atoms with Crippen molar-refractivity contribution in [3.63, 3.8) is 0 Å². The lowest BCUT2D eigenvalue weighted by Crippen LogP contribution is -2.27. The quantitative estimate of drug-likeness (QED) is 0.568. The van der Waals surface area contributed by atoms with E-state index >= 15 is 0 Å². The van der Waals surface area contributed by atoms with Crippen LogP contribution in [0.2, 0.25) is 0 Å².